The van der Waals surface area contributed by atoms with Crippen molar-refractivity contribution >= 4 is 78.3 Å². The molecule has 5 rings (SSSR count). The van der Waals surface area contributed by atoms with Crippen LogP contribution in [0.25, 0.3) is 32.5 Å². The van der Waals surface area contributed by atoms with Gasteiger partial charge >= 0.3 is 209 Å². The van der Waals surface area contributed by atoms with Crippen molar-refractivity contribution in [3.8, 4) is 17.2 Å². The van der Waals surface area contributed by atoms with E-state index in [0.29, 0.717) is 47.2 Å². The molecule has 0 aliphatic carbocycles. The minimum atomic E-state index is -0.537. The molecule has 0 saturated carbocycles. The van der Waals surface area contributed by atoms with Crippen LogP contribution in [-0.2, 0) is 4.79 Å². The molecule has 4 aromatic carbocycles. The molecule has 5 aromatic rings. The zero-order valence-corrected chi connectivity index (χ0v) is 21.3. The molecule has 0 aliphatic heterocycles. The van der Waals surface area contributed by atoms with Crippen molar-refractivity contribution in [1.82, 2.24) is 0 Å². The van der Waals surface area contributed by atoms with E-state index in [4.69, 9.17) is 13.9 Å². The molecule has 0 aliphatic rings. The Bertz CT molecular complexity index is 1660. The second kappa shape index (κ2) is 8.80. The van der Waals surface area contributed by atoms with Gasteiger partial charge in [-0.3, -0.25) is 0 Å². The number of carbonyl (C=O) groups excluding carboxylic acids is 1. The number of ether oxygens (including phenoxy) is 2. The monoisotopic (exact) mass is 584 g/mol. The Morgan fingerprint density at radius 2 is 1.74 bits per heavy atom. The fourth-order valence-corrected chi connectivity index (χ4v) is 6.61. The summed E-state index contributed by atoms with van der Waals surface area (Å²) >= 11 is 3.04. The number of methoxy groups -OCH3 is 1. The number of benzene rings is 4. The number of hydrogen-bond donors (Lipinski definition) is 1. The molecule has 8 heteroatoms. The Balaban J connectivity index is 2.04. The first-order chi connectivity index (χ1) is 16.4. The standard InChI is InChI=1S/C26H17BrO6Se/c1-13(28)32-18-10-6-9-16-21(18)23(29)25(34-15-7-4-3-5-8-15)22-20-17(26(30)33-24(16)22)11-14(27)12-19(20)31-2/h3-12,29H,1-2H3. The van der Waals surface area contributed by atoms with Gasteiger partial charge in [0, 0.05) is 0 Å². The van der Waals surface area contributed by atoms with Crippen LogP contribution in [0.15, 0.2) is 74.3 Å². The van der Waals surface area contributed by atoms with Gasteiger partial charge in [0.1, 0.15) is 0 Å². The number of esters is 1. The van der Waals surface area contributed by atoms with Gasteiger partial charge in [0.05, 0.1) is 0 Å². The van der Waals surface area contributed by atoms with Gasteiger partial charge in [0.15, 0.2) is 0 Å². The van der Waals surface area contributed by atoms with Crippen LogP contribution in [0.2, 0.25) is 0 Å². The van der Waals surface area contributed by atoms with E-state index in [1.54, 1.807) is 30.3 Å². The van der Waals surface area contributed by atoms with Gasteiger partial charge in [-0.05, 0) is 0 Å². The Labute approximate surface area is 208 Å². The van der Waals surface area contributed by atoms with Crippen molar-refractivity contribution in [2.24, 2.45) is 0 Å². The predicted molar refractivity (Wildman–Crippen MR) is 136 cm³/mol. The first-order valence-corrected chi connectivity index (χ1v) is 12.7. The summed E-state index contributed by atoms with van der Waals surface area (Å²) in [4.78, 5) is 24.8. The van der Waals surface area contributed by atoms with Crippen LogP contribution >= 0.6 is 15.9 Å². The number of phenolic OH excluding ortho intramolecular Hbond substituents is 1. The van der Waals surface area contributed by atoms with E-state index in [9.17, 15) is 14.7 Å². The molecule has 34 heavy (non-hydrogen) atoms. The summed E-state index contributed by atoms with van der Waals surface area (Å²) in [6.07, 6.45) is 0. The van der Waals surface area contributed by atoms with Crippen molar-refractivity contribution in [1.29, 1.82) is 0 Å². The fourth-order valence-electron chi connectivity index (χ4n) is 4.02. The van der Waals surface area contributed by atoms with E-state index in [1.165, 1.54) is 14.0 Å². The van der Waals surface area contributed by atoms with Gasteiger partial charge in [0.25, 0.3) is 0 Å². The molecule has 0 amide bonds. The molecule has 1 heterocycles. The molecule has 1 N–H and O–H groups in total. The second-order valence-electron chi connectivity index (χ2n) is 7.49. The average molecular weight is 584 g/mol. The first-order valence-electron chi connectivity index (χ1n) is 10.2. The van der Waals surface area contributed by atoms with Crippen molar-refractivity contribution in [3.63, 3.8) is 0 Å². The van der Waals surface area contributed by atoms with E-state index >= 15 is 0 Å². The number of aromatic hydroxyl groups is 1. The van der Waals surface area contributed by atoms with Gasteiger partial charge in [-0.1, -0.05) is 0 Å². The summed E-state index contributed by atoms with van der Waals surface area (Å²) < 4.78 is 19.2. The van der Waals surface area contributed by atoms with Crippen molar-refractivity contribution in [2.45, 2.75) is 6.92 Å². The number of hydrogen-bond acceptors (Lipinski definition) is 6. The molecule has 0 bridgehead atoms. The van der Waals surface area contributed by atoms with Gasteiger partial charge < -0.3 is 0 Å². The molecule has 170 valence electrons. The van der Waals surface area contributed by atoms with Crippen molar-refractivity contribution in [2.75, 3.05) is 7.11 Å². The molecule has 1 aromatic heterocycles. The van der Waals surface area contributed by atoms with Gasteiger partial charge in [0.2, 0.25) is 0 Å². The predicted octanol–water partition coefficient (Wildman–Crippen LogP) is 4.16. The van der Waals surface area contributed by atoms with Crippen LogP contribution in [0.1, 0.15) is 6.92 Å². The molecule has 0 radical (unpaired) electrons. The maximum absolute atomic E-state index is 13.1. The van der Waals surface area contributed by atoms with Gasteiger partial charge in [-0.25, -0.2) is 0 Å². The number of phenols is 1. The first kappa shape index (κ1) is 22.5. The normalized spacial score (nSPS) is 11.3. The third-order valence-electron chi connectivity index (χ3n) is 5.35. The van der Waals surface area contributed by atoms with Crippen LogP contribution in [0.5, 0.6) is 17.2 Å². The average Bonchev–Trinajstić information content (AvgIpc) is 2.82. The second-order valence-corrected chi connectivity index (χ2v) is 10.7. The molecule has 6 nitrogen and oxygen atoms in total. The summed E-state index contributed by atoms with van der Waals surface area (Å²) in [5.74, 6) is 0.124. The van der Waals surface area contributed by atoms with Crippen molar-refractivity contribution < 1.29 is 23.8 Å². The van der Waals surface area contributed by atoms with Crippen LogP contribution in [-0.4, -0.2) is 33.1 Å². The molecular formula is C26H17BrO6Se. The summed E-state index contributed by atoms with van der Waals surface area (Å²) in [5.41, 5.74) is -0.238. The maximum atomic E-state index is 13.1. The molecule has 0 atom stereocenters. The molecule has 0 saturated heterocycles. The van der Waals surface area contributed by atoms with Crippen LogP contribution in [0.3, 0.4) is 0 Å². The summed E-state index contributed by atoms with van der Waals surface area (Å²) in [7, 11) is 1.53. The van der Waals surface area contributed by atoms with Crippen LogP contribution < -0.4 is 24.0 Å². The van der Waals surface area contributed by atoms with E-state index in [0.717, 1.165) is 4.46 Å². The van der Waals surface area contributed by atoms with Gasteiger partial charge in [-0.2, -0.15) is 0 Å². The molecule has 0 unspecified atom stereocenters. The van der Waals surface area contributed by atoms with E-state index in [1.807, 2.05) is 30.3 Å². The SMILES string of the molecule is COc1cc(Br)cc2c(=O)oc3c4cccc(OC(C)=O)c4c(O)c([Se]c4ccccc4)c3c12. The van der Waals surface area contributed by atoms with E-state index < -0.39 is 11.6 Å². The van der Waals surface area contributed by atoms with Gasteiger partial charge in [-0.15, -0.1) is 0 Å². The number of fused-ring (bicyclic) bond motifs is 5. The Morgan fingerprint density at radius 3 is 2.44 bits per heavy atom. The van der Waals surface area contributed by atoms with Crippen LogP contribution in [0.4, 0.5) is 0 Å². The zero-order valence-electron chi connectivity index (χ0n) is 18.0. The fraction of sp³-hybridized carbons (Fsp3) is 0.0769. The molecule has 0 spiro atoms. The minimum absolute atomic E-state index is 0.0247. The topological polar surface area (TPSA) is 86.0 Å². The number of carbonyl (C=O) groups is 1. The quantitative estimate of drug-likeness (QED) is 0.112. The summed E-state index contributed by atoms with van der Waals surface area (Å²) in [6.45, 7) is 1.29. The van der Waals surface area contributed by atoms with E-state index in [-0.39, 0.29) is 26.5 Å². The van der Waals surface area contributed by atoms with E-state index in [2.05, 4.69) is 15.9 Å². The number of halogens is 1. The Morgan fingerprint density at radius 1 is 0.971 bits per heavy atom. The zero-order chi connectivity index (χ0) is 24.0. The van der Waals surface area contributed by atoms with Crippen LogP contribution in [0, 0.1) is 0 Å². The Kier molecular flexibility index (Phi) is 5.81. The molecule has 0 fully saturated rings. The molecular weight excluding hydrogens is 567 g/mol. The summed E-state index contributed by atoms with van der Waals surface area (Å²) in [5, 5.41) is 13.9. The third kappa shape index (κ3) is 3.74. The third-order valence-corrected chi connectivity index (χ3v) is 8.13. The van der Waals surface area contributed by atoms with Crippen molar-refractivity contribution in [3.05, 3.63) is 75.6 Å². The Hall–Kier alpha value is -3.32. The number of rotatable bonds is 4. The summed E-state index contributed by atoms with van der Waals surface area (Å²) in [6, 6.07) is 18.2.